The van der Waals surface area contributed by atoms with Crippen molar-refractivity contribution >= 4 is 5.78 Å². The molecule has 0 N–H and O–H groups in total. The largest absolute Gasteiger partial charge is 0.300 e. The quantitative estimate of drug-likeness (QED) is 0.572. The van der Waals surface area contributed by atoms with Crippen molar-refractivity contribution in [3.8, 4) is 0 Å². The number of unbranched alkanes of at least 4 members (excludes halogenated alkanes) is 4. The summed E-state index contributed by atoms with van der Waals surface area (Å²) in [4.78, 5) is 11.0. The molecule has 0 heterocycles. The molecule has 0 aromatic heterocycles. The van der Waals surface area contributed by atoms with E-state index in [0.717, 1.165) is 18.8 Å². The predicted molar refractivity (Wildman–Crippen MR) is 55.7 cm³/mol. The van der Waals surface area contributed by atoms with E-state index >= 15 is 0 Å². The second kappa shape index (κ2) is 6.17. The van der Waals surface area contributed by atoms with Crippen molar-refractivity contribution < 1.29 is 4.79 Å². The molecule has 1 saturated carbocycles. The molecule has 13 heavy (non-hydrogen) atoms. The summed E-state index contributed by atoms with van der Waals surface area (Å²) in [7, 11) is 0. The maximum absolute atomic E-state index is 11.0. The minimum Gasteiger partial charge on any atom is -0.300 e. The van der Waals surface area contributed by atoms with Gasteiger partial charge in [0.25, 0.3) is 0 Å². The van der Waals surface area contributed by atoms with E-state index in [1.807, 2.05) is 0 Å². The van der Waals surface area contributed by atoms with E-state index < -0.39 is 0 Å². The molecule has 0 aromatic carbocycles. The summed E-state index contributed by atoms with van der Waals surface area (Å²) >= 11 is 0. The molecule has 0 bridgehead atoms. The van der Waals surface area contributed by atoms with E-state index in [1.165, 1.54) is 44.9 Å². The van der Waals surface area contributed by atoms with Crippen molar-refractivity contribution in [2.24, 2.45) is 5.92 Å². The van der Waals surface area contributed by atoms with Gasteiger partial charge in [-0.2, -0.15) is 0 Å². The van der Waals surface area contributed by atoms with Crippen molar-refractivity contribution in [1.82, 2.24) is 0 Å². The number of hydrogen-bond donors (Lipinski definition) is 0. The van der Waals surface area contributed by atoms with Crippen LogP contribution < -0.4 is 0 Å². The van der Waals surface area contributed by atoms with Crippen LogP contribution in [-0.4, -0.2) is 5.78 Å². The Morgan fingerprint density at radius 3 is 2.62 bits per heavy atom. The van der Waals surface area contributed by atoms with Crippen LogP contribution in [-0.2, 0) is 4.79 Å². The van der Waals surface area contributed by atoms with E-state index in [9.17, 15) is 4.79 Å². The van der Waals surface area contributed by atoms with Gasteiger partial charge in [0.05, 0.1) is 0 Å². The third-order valence-electron chi connectivity index (χ3n) is 3.06. The molecule has 0 spiro atoms. The molecule has 0 aromatic rings. The van der Waals surface area contributed by atoms with Crippen LogP contribution in [0.4, 0.5) is 0 Å². The average molecular weight is 182 g/mol. The molecule has 1 aliphatic carbocycles. The first-order valence-corrected chi connectivity index (χ1v) is 5.84. The summed E-state index contributed by atoms with van der Waals surface area (Å²) in [6.07, 6.45) is 11.0. The molecule has 1 nitrogen and oxygen atoms in total. The van der Waals surface area contributed by atoms with Gasteiger partial charge in [-0.15, -0.1) is 0 Å². The van der Waals surface area contributed by atoms with Gasteiger partial charge in [-0.1, -0.05) is 45.4 Å². The van der Waals surface area contributed by atoms with E-state index in [4.69, 9.17) is 0 Å². The average Bonchev–Trinajstić information content (AvgIpc) is 2.51. The van der Waals surface area contributed by atoms with Gasteiger partial charge in [-0.05, 0) is 12.3 Å². The van der Waals surface area contributed by atoms with Gasteiger partial charge in [0, 0.05) is 12.8 Å². The van der Waals surface area contributed by atoms with E-state index in [0.29, 0.717) is 5.78 Å². The molecule has 1 atom stereocenters. The van der Waals surface area contributed by atoms with Crippen LogP contribution in [0.15, 0.2) is 0 Å². The topological polar surface area (TPSA) is 17.1 Å². The summed E-state index contributed by atoms with van der Waals surface area (Å²) in [5.74, 6) is 1.24. The maximum atomic E-state index is 11.0. The normalized spacial score (nSPS) is 22.5. The van der Waals surface area contributed by atoms with E-state index in [-0.39, 0.29) is 0 Å². The molecule has 1 heteroatoms. The van der Waals surface area contributed by atoms with Crippen molar-refractivity contribution in [1.29, 1.82) is 0 Å². The molecule has 0 amide bonds. The maximum Gasteiger partial charge on any atom is 0.133 e. The Bertz CT molecular complexity index is 151. The van der Waals surface area contributed by atoms with Crippen molar-refractivity contribution in [2.45, 2.75) is 64.7 Å². The minimum atomic E-state index is 0.499. The molecule has 0 saturated heterocycles. The van der Waals surface area contributed by atoms with Gasteiger partial charge < -0.3 is 0 Å². The highest BCUT2D eigenvalue weighted by Gasteiger charge is 2.20. The van der Waals surface area contributed by atoms with Crippen LogP contribution in [0.25, 0.3) is 0 Å². The highest BCUT2D eigenvalue weighted by Crippen LogP contribution is 2.26. The molecule has 1 fully saturated rings. The first-order chi connectivity index (χ1) is 6.33. The fourth-order valence-corrected chi connectivity index (χ4v) is 2.17. The van der Waals surface area contributed by atoms with Crippen molar-refractivity contribution in [3.05, 3.63) is 0 Å². The van der Waals surface area contributed by atoms with Crippen LogP contribution >= 0.6 is 0 Å². The number of carbonyl (C=O) groups is 1. The number of hydrogen-bond acceptors (Lipinski definition) is 1. The van der Waals surface area contributed by atoms with E-state index in [1.54, 1.807) is 0 Å². The molecular formula is C12H22O. The molecule has 0 aliphatic heterocycles. The van der Waals surface area contributed by atoms with Crippen LogP contribution in [0, 0.1) is 5.92 Å². The van der Waals surface area contributed by atoms with Crippen molar-refractivity contribution in [2.75, 3.05) is 0 Å². The number of carbonyl (C=O) groups excluding carboxylic acids is 1. The zero-order valence-electron chi connectivity index (χ0n) is 8.85. The van der Waals surface area contributed by atoms with Gasteiger partial charge in [-0.3, -0.25) is 4.79 Å². The highest BCUT2D eigenvalue weighted by molar-refractivity contribution is 5.80. The van der Waals surface area contributed by atoms with Crippen LogP contribution in [0.2, 0.25) is 0 Å². The third kappa shape index (κ3) is 4.44. The summed E-state index contributed by atoms with van der Waals surface area (Å²) in [6.45, 7) is 2.25. The lowest BCUT2D eigenvalue weighted by Gasteiger charge is -2.06. The van der Waals surface area contributed by atoms with Gasteiger partial charge in [0.15, 0.2) is 0 Å². The Morgan fingerprint density at radius 2 is 2.00 bits per heavy atom. The lowest BCUT2D eigenvalue weighted by Crippen LogP contribution is -1.95. The number of ketones is 1. The zero-order valence-corrected chi connectivity index (χ0v) is 8.85. The number of Topliss-reactive ketones (excluding diaryl/α,β-unsaturated/α-hetero) is 1. The Kier molecular flexibility index (Phi) is 5.10. The fourth-order valence-electron chi connectivity index (χ4n) is 2.17. The van der Waals surface area contributed by atoms with Gasteiger partial charge in [0.1, 0.15) is 5.78 Å². The molecule has 76 valence electrons. The lowest BCUT2D eigenvalue weighted by atomic mass is 9.99. The smallest absolute Gasteiger partial charge is 0.133 e. The Labute approximate surface area is 81.9 Å². The second-order valence-corrected chi connectivity index (χ2v) is 4.35. The lowest BCUT2D eigenvalue weighted by molar-refractivity contribution is -0.117. The Morgan fingerprint density at radius 1 is 1.23 bits per heavy atom. The van der Waals surface area contributed by atoms with Crippen molar-refractivity contribution in [3.63, 3.8) is 0 Å². The van der Waals surface area contributed by atoms with Gasteiger partial charge in [-0.25, -0.2) is 0 Å². The second-order valence-electron chi connectivity index (χ2n) is 4.35. The van der Waals surface area contributed by atoms with Crippen LogP contribution in [0.3, 0.4) is 0 Å². The van der Waals surface area contributed by atoms with Gasteiger partial charge in [0.2, 0.25) is 0 Å². The molecule has 1 aliphatic rings. The standard InChI is InChI=1S/C12H22O/c1-2-3-4-5-6-7-11-8-9-12(13)10-11/h11H,2-10H2,1H3. The highest BCUT2D eigenvalue weighted by atomic mass is 16.1. The summed E-state index contributed by atoms with van der Waals surface area (Å²) < 4.78 is 0. The van der Waals surface area contributed by atoms with Crippen LogP contribution in [0.1, 0.15) is 64.7 Å². The Balaban J connectivity index is 1.91. The minimum absolute atomic E-state index is 0.499. The zero-order chi connectivity index (χ0) is 9.52. The Hall–Kier alpha value is -0.330. The molecule has 1 rings (SSSR count). The van der Waals surface area contributed by atoms with Crippen LogP contribution in [0.5, 0.6) is 0 Å². The predicted octanol–water partition coefficient (Wildman–Crippen LogP) is 3.72. The number of rotatable bonds is 6. The molecular weight excluding hydrogens is 160 g/mol. The summed E-state index contributed by atoms with van der Waals surface area (Å²) in [5, 5.41) is 0. The monoisotopic (exact) mass is 182 g/mol. The SMILES string of the molecule is CCCCCCCC1CCC(=O)C1. The first kappa shape index (κ1) is 10.7. The summed E-state index contributed by atoms with van der Waals surface area (Å²) in [5.41, 5.74) is 0. The molecule has 0 radical (unpaired) electrons. The molecule has 1 unspecified atom stereocenters. The summed E-state index contributed by atoms with van der Waals surface area (Å²) in [6, 6.07) is 0. The van der Waals surface area contributed by atoms with Gasteiger partial charge >= 0.3 is 0 Å². The fraction of sp³-hybridized carbons (Fsp3) is 0.917. The first-order valence-electron chi connectivity index (χ1n) is 5.84. The third-order valence-corrected chi connectivity index (χ3v) is 3.06. The van der Waals surface area contributed by atoms with E-state index in [2.05, 4.69) is 6.92 Å².